The molecule has 1 saturated heterocycles. The van der Waals surface area contributed by atoms with Crippen LogP contribution in [0.5, 0.6) is 0 Å². The number of nitrogens with two attached hydrogens (primary N) is 1. The Morgan fingerprint density at radius 3 is 2.07 bits per heavy atom. The van der Waals surface area contributed by atoms with Gasteiger partial charge in [-0.25, -0.2) is 0 Å². The molecule has 0 amide bonds. The molecule has 0 spiro atoms. The van der Waals surface area contributed by atoms with Crippen LogP contribution in [-0.2, 0) is 33.3 Å². The van der Waals surface area contributed by atoms with E-state index in [1.54, 1.807) is 0 Å². The van der Waals surface area contributed by atoms with Crippen molar-refractivity contribution in [2.75, 3.05) is 17.7 Å². The van der Waals surface area contributed by atoms with Crippen LogP contribution in [0.1, 0.15) is 31.9 Å². The lowest BCUT2D eigenvalue weighted by Gasteiger charge is -2.41. The van der Waals surface area contributed by atoms with Gasteiger partial charge in [0.15, 0.2) is 24.5 Å². The van der Waals surface area contributed by atoms with E-state index in [0.29, 0.717) is 11.4 Å². The van der Waals surface area contributed by atoms with E-state index in [1.807, 2.05) is 26.0 Å². The van der Waals surface area contributed by atoms with Crippen molar-refractivity contribution in [2.45, 2.75) is 59.2 Å². The van der Waals surface area contributed by atoms with E-state index in [0.717, 1.165) is 11.1 Å². The molecule has 9 nitrogen and oxygen atoms in total. The summed E-state index contributed by atoms with van der Waals surface area (Å²) in [4.78, 5) is 34.6. The van der Waals surface area contributed by atoms with E-state index in [2.05, 4.69) is 5.32 Å². The molecule has 154 valence electrons. The maximum atomic E-state index is 11.7. The minimum atomic E-state index is -1.06. The third-order valence-electron chi connectivity index (χ3n) is 4.31. The van der Waals surface area contributed by atoms with Crippen molar-refractivity contribution >= 4 is 29.3 Å². The summed E-state index contributed by atoms with van der Waals surface area (Å²) >= 11 is 0. The van der Waals surface area contributed by atoms with Gasteiger partial charge in [-0.1, -0.05) is 0 Å². The van der Waals surface area contributed by atoms with Crippen LogP contribution < -0.4 is 11.1 Å². The van der Waals surface area contributed by atoms with Crippen molar-refractivity contribution in [1.82, 2.24) is 0 Å². The monoisotopic (exact) mass is 394 g/mol. The number of carbonyl (C=O) groups is 3. The van der Waals surface area contributed by atoms with Gasteiger partial charge in [-0.2, -0.15) is 0 Å². The lowest BCUT2D eigenvalue weighted by atomic mass is 10.0. The highest BCUT2D eigenvalue weighted by Crippen LogP contribution is 2.29. The van der Waals surface area contributed by atoms with Gasteiger partial charge in [-0.15, -0.1) is 0 Å². The van der Waals surface area contributed by atoms with Gasteiger partial charge in [0.2, 0.25) is 0 Å². The number of nitrogens with one attached hydrogen (secondary N) is 1. The molecular weight excluding hydrogens is 368 g/mol. The van der Waals surface area contributed by atoms with Gasteiger partial charge in [0.05, 0.1) is 18.0 Å². The SMILES string of the molecule is CC(=O)O[C@@H]1[C@H](OC(C)=O)[C@H](OC(C)=O)CO[C@H]1Nc1cc(C)c(C)cc1N. The number of anilines is 2. The standard InChI is InChI=1S/C19H26N2O7/c1-9-6-14(20)15(7-10(9)2)21-19-18(28-13(5)24)17(27-12(4)23)16(8-25-19)26-11(3)22/h6-7,16-19,21H,8,20H2,1-5H3/t16-,17-,18-,19-/m1/s1. The van der Waals surface area contributed by atoms with Gasteiger partial charge in [-0.05, 0) is 37.1 Å². The summed E-state index contributed by atoms with van der Waals surface area (Å²) in [7, 11) is 0. The maximum absolute atomic E-state index is 11.7. The van der Waals surface area contributed by atoms with Gasteiger partial charge in [0.1, 0.15) is 0 Å². The highest BCUT2D eigenvalue weighted by atomic mass is 16.6. The first-order valence-electron chi connectivity index (χ1n) is 8.85. The summed E-state index contributed by atoms with van der Waals surface area (Å²) in [5, 5.41) is 3.09. The zero-order valence-electron chi connectivity index (χ0n) is 16.6. The summed E-state index contributed by atoms with van der Waals surface area (Å²) in [6.07, 6.45) is -3.88. The number of ether oxygens (including phenoxy) is 4. The topological polar surface area (TPSA) is 126 Å². The number of hydrogen-bond donors (Lipinski definition) is 2. The largest absolute Gasteiger partial charge is 0.456 e. The van der Waals surface area contributed by atoms with Crippen molar-refractivity contribution < 1.29 is 33.3 Å². The summed E-state index contributed by atoms with van der Waals surface area (Å²) in [6, 6.07) is 3.66. The van der Waals surface area contributed by atoms with Crippen LogP contribution in [0.2, 0.25) is 0 Å². The molecule has 0 radical (unpaired) electrons. The smallest absolute Gasteiger partial charge is 0.303 e. The van der Waals surface area contributed by atoms with Gasteiger partial charge < -0.3 is 30.0 Å². The van der Waals surface area contributed by atoms with Crippen molar-refractivity contribution in [2.24, 2.45) is 0 Å². The third-order valence-corrected chi connectivity index (χ3v) is 4.31. The van der Waals surface area contributed by atoms with Gasteiger partial charge in [0.25, 0.3) is 0 Å². The third kappa shape index (κ3) is 5.35. The molecule has 1 fully saturated rings. The molecule has 1 heterocycles. The molecule has 1 aliphatic heterocycles. The fraction of sp³-hybridized carbons (Fsp3) is 0.526. The average Bonchev–Trinajstić information content (AvgIpc) is 2.56. The lowest BCUT2D eigenvalue weighted by molar-refractivity contribution is -0.221. The minimum absolute atomic E-state index is 0.0578. The fourth-order valence-corrected chi connectivity index (χ4v) is 2.98. The number of esters is 3. The van der Waals surface area contributed by atoms with Crippen LogP contribution in [0.25, 0.3) is 0 Å². The van der Waals surface area contributed by atoms with E-state index in [9.17, 15) is 14.4 Å². The van der Waals surface area contributed by atoms with E-state index in [1.165, 1.54) is 20.8 Å². The Bertz CT molecular complexity index is 765. The Kier molecular flexibility index (Phi) is 6.85. The zero-order valence-corrected chi connectivity index (χ0v) is 16.6. The molecule has 28 heavy (non-hydrogen) atoms. The van der Waals surface area contributed by atoms with E-state index in [-0.39, 0.29) is 6.61 Å². The van der Waals surface area contributed by atoms with Crippen LogP contribution in [0.15, 0.2) is 12.1 Å². The second-order valence-corrected chi connectivity index (χ2v) is 6.72. The average molecular weight is 394 g/mol. The Balaban J connectivity index is 2.34. The zero-order chi connectivity index (χ0) is 21.0. The molecular formula is C19H26N2O7. The highest BCUT2D eigenvalue weighted by Gasteiger charge is 2.47. The summed E-state index contributed by atoms with van der Waals surface area (Å²) in [5.41, 5.74) is 9.18. The molecule has 1 aliphatic rings. The molecule has 1 aromatic rings. The number of carbonyl (C=O) groups excluding carboxylic acids is 3. The molecule has 0 saturated carbocycles. The Morgan fingerprint density at radius 1 is 0.964 bits per heavy atom. The van der Waals surface area contributed by atoms with Gasteiger partial charge in [-0.3, -0.25) is 14.4 Å². The first kappa shape index (κ1) is 21.5. The predicted octanol–water partition coefficient (Wildman–Crippen LogP) is 1.45. The van der Waals surface area contributed by atoms with Gasteiger partial charge in [0, 0.05) is 20.8 Å². The van der Waals surface area contributed by atoms with Crippen LogP contribution in [0.4, 0.5) is 11.4 Å². The lowest BCUT2D eigenvalue weighted by Crippen LogP contribution is -2.59. The predicted molar refractivity (Wildman–Crippen MR) is 100 cm³/mol. The van der Waals surface area contributed by atoms with Crippen LogP contribution in [-0.4, -0.2) is 49.1 Å². The van der Waals surface area contributed by atoms with Crippen molar-refractivity contribution in [3.63, 3.8) is 0 Å². The second kappa shape index (κ2) is 8.92. The molecule has 0 bridgehead atoms. The van der Waals surface area contributed by atoms with Gasteiger partial charge >= 0.3 is 17.9 Å². The van der Waals surface area contributed by atoms with E-state index >= 15 is 0 Å². The quantitative estimate of drug-likeness (QED) is 0.433. The molecule has 3 N–H and O–H groups in total. The van der Waals surface area contributed by atoms with Crippen molar-refractivity contribution in [3.8, 4) is 0 Å². The van der Waals surface area contributed by atoms with Crippen molar-refractivity contribution in [1.29, 1.82) is 0 Å². The fourth-order valence-electron chi connectivity index (χ4n) is 2.98. The number of rotatable bonds is 5. The summed E-state index contributed by atoms with van der Waals surface area (Å²) in [6.45, 7) is 7.48. The molecule has 0 aromatic heterocycles. The summed E-state index contributed by atoms with van der Waals surface area (Å²) in [5.74, 6) is -1.78. The number of hydrogen-bond acceptors (Lipinski definition) is 9. The van der Waals surface area contributed by atoms with Crippen LogP contribution in [0.3, 0.4) is 0 Å². The number of nitrogen functional groups attached to an aromatic ring is 1. The van der Waals surface area contributed by atoms with E-state index < -0.39 is 42.4 Å². The van der Waals surface area contributed by atoms with Crippen LogP contribution >= 0.6 is 0 Å². The molecule has 0 aliphatic carbocycles. The Hall–Kier alpha value is -2.81. The van der Waals surface area contributed by atoms with E-state index in [4.69, 9.17) is 24.7 Å². The maximum Gasteiger partial charge on any atom is 0.303 e. The molecule has 0 unspecified atom stereocenters. The molecule has 9 heteroatoms. The summed E-state index contributed by atoms with van der Waals surface area (Å²) < 4.78 is 21.6. The van der Waals surface area contributed by atoms with Crippen molar-refractivity contribution in [3.05, 3.63) is 23.3 Å². The van der Waals surface area contributed by atoms with Crippen LogP contribution in [0, 0.1) is 13.8 Å². The molecule has 1 aromatic carbocycles. The number of benzene rings is 1. The first-order chi connectivity index (χ1) is 13.1. The molecule has 4 atom stereocenters. The second-order valence-electron chi connectivity index (χ2n) is 6.72. The normalized spacial score (nSPS) is 24.2. The highest BCUT2D eigenvalue weighted by molar-refractivity contribution is 5.70. The molecule has 2 rings (SSSR count). The Labute approximate surface area is 163 Å². The minimum Gasteiger partial charge on any atom is -0.456 e. The Morgan fingerprint density at radius 2 is 1.50 bits per heavy atom. The number of aryl methyl sites for hydroxylation is 2. The first-order valence-corrected chi connectivity index (χ1v) is 8.85.